The molecule has 1 heterocycles. The van der Waals surface area contributed by atoms with Crippen LogP contribution in [0.15, 0.2) is 0 Å². The number of hydrogen-bond donors (Lipinski definition) is 0. The summed E-state index contributed by atoms with van der Waals surface area (Å²) in [5.74, 6) is 1.32. The van der Waals surface area contributed by atoms with E-state index in [9.17, 15) is 0 Å². The third-order valence-corrected chi connectivity index (χ3v) is 4.58. The standard InChI is InChI=1S/C12H19ClN2S/c13-9-8-11-14-15-12(16-11)10-6-4-2-1-3-5-7-10/h10H,1-9H2. The molecule has 0 unspecified atom stereocenters. The van der Waals surface area contributed by atoms with Gasteiger partial charge in [0, 0.05) is 18.2 Å². The molecule has 1 aliphatic carbocycles. The molecule has 0 N–H and O–H groups in total. The summed E-state index contributed by atoms with van der Waals surface area (Å²) in [6, 6.07) is 0. The summed E-state index contributed by atoms with van der Waals surface area (Å²) in [7, 11) is 0. The molecule has 1 fully saturated rings. The van der Waals surface area contributed by atoms with Crippen molar-refractivity contribution in [2.45, 2.75) is 57.3 Å². The number of aryl methyl sites for hydroxylation is 1. The average Bonchev–Trinajstić information content (AvgIpc) is 2.66. The van der Waals surface area contributed by atoms with Crippen molar-refractivity contribution in [1.82, 2.24) is 10.2 Å². The van der Waals surface area contributed by atoms with E-state index in [0.29, 0.717) is 11.8 Å². The lowest BCUT2D eigenvalue weighted by Crippen LogP contribution is -2.01. The monoisotopic (exact) mass is 258 g/mol. The third-order valence-electron chi connectivity index (χ3n) is 3.25. The molecule has 90 valence electrons. The van der Waals surface area contributed by atoms with Crippen molar-refractivity contribution in [3.63, 3.8) is 0 Å². The van der Waals surface area contributed by atoms with Gasteiger partial charge in [-0.1, -0.05) is 32.1 Å². The van der Waals surface area contributed by atoms with E-state index in [0.717, 1.165) is 11.4 Å². The van der Waals surface area contributed by atoms with Gasteiger partial charge in [-0.25, -0.2) is 0 Å². The first-order valence-electron chi connectivity index (χ1n) is 6.28. The van der Waals surface area contributed by atoms with Crippen molar-refractivity contribution in [1.29, 1.82) is 0 Å². The lowest BCUT2D eigenvalue weighted by Gasteiger charge is -2.16. The molecule has 0 spiro atoms. The van der Waals surface area contributed by atoms with Gasteiger partial charge in [0.25, 0.3) is 0 Å². The number of hydrogen-bond acceptors (Lipinski definition) is 3. The number of rotatable bonds is 3. The molecule has 1 aromatic heterocycles. The molecule has 0 atom stereocenters. The lowest BCUT2D eigenvalue weighted by molar-refractivity contribution is 0.453. The molecule has 0 amide bonds. The highest BCUT2D eigenvalue weighted by atomic mass is 35.5. The van der Waals surface area contributed by atoms with E-state index in [1.54, 1.807) is 11.3 Å². The van der Waals surface area contributed by atoms with Crippen molar-refractivity contribution >= 4 is 22.9 Å². The molecule has 4 heteroatoms. The molecule has 1 aromatic rings. The second kappa shape index (κ2) is 6.55. The summed E-state index contributed by atoms with van der Waals surface area (Å²) < 4.78 is 0. The van der Waals surface area contributed by atoms with E-state index < -0.39 is 0 Å². The number of alkyl halides is 1. The van der Waals surface area contributed by atoms with Gasteiger partial charge in [-0.15, -0.1) is 33.1 Å². The molecule has 1 aliphatic rings. The number of aromatic nitrogens is 2. The Morgan fingerprint density at radius 2 is 1.75 bits per heavy atom. The maximum atomic E-state index is 5.72. The van der Waals surface area contributed by atoms with E-state index in [1.807, 2.05) is 0 Å². The lowest BCUT2D eigenvalue weighted by atomic mass is 9.92. The van der Waals surface area contributed by atoms with Crippen LogP contribution >= 0.6 is 22.9 Å². The number of halogens is 1. The van der Waals surface area contributed by atoms with Gasteiger partial charge in [0.2, 0.25) is 0 Å². The maximum Gasteiger partial charge on any atom is 0.120 e. The van der Waals surface area contributed by atoms with Gasteiger partial charge in [0.15, 0.2) is 0 Å². The molecule has 1 saturated carbocycles. The second-order valence-corrected chi connectivity index (χ2v) is 5.99. The first-order valence-corrected chi connectivity index (χ1v) is 7.63. The van der Waals surface area contributed by atoms with Crippen molar-refractivity contribution < 1.29 is 0 Å². The van der Waals surface area contributed by atoms with Crippen LogP contribution in [0.1, 0.15) is 60.9 Å². The van der Waals surface area contributed by atoms with Crippen LogP contribution in [0.5, 0.6) is 0 Å². The minimum Gasteiger partial charge on any atom is -0.144 e. The zero-order chi connectivity index (χ0) is 11.2. The summed E-state index contributed by atoms with van der Waals surface area (Å²) in [6.45, 7) is 0. The van der Waals surface area contributed by atoms with Gasteiger partial charge in [-0.2, -0.15) is 0 Å². The van der Waals surface area contributed by atoms with Crippen LogP contribution in [0.4, 0.5) is 0 Å². The van der Waals surface area contributed by atoms with E-state index >= 15 is 0 Å². The van der Waals surface area contributed by atoms with Crippen LogP contribution in [-0.2, 0) is 6.42 Å². The molecule has 16 heavy (non-hydrogen) atoms. The molecule has 0 aliphatic heterocycles. The van der Waals surface area contributed by atoms with Gasteiger partial charge >= 0.3 is 0 Å². The highest BCUT2D eigenvalue weighted by Gasteiger charge is 2.17. The Hall–Kier alpha value is -0.150. The van der Waals surface area contributed by atoms with Crippen molar-refractivity contribution in [3.8, 4) is 0 Å². The van der Waals surface area contributed by atoms with Crippen LogP contribution in [-0.4, -0.2) is 16.1 Å². The molecule has 0 saturated heterocycles. The summed E-state index contributed by atoms with van der Waals surface area (Å²) in [5, 5.41) is 10.9. The molecule has 2 rings (SSSR count). The zero-order valence-corrected chi connectivity index (χ0v) is 11.2. The van der Waals surface area contributed by atoms with Crippen molar-refractivity contribution in [2.24, 2.45) is 0 Å². The van der Waals surface area contributed by atoms with Crippen LogP contribution < -0.4 is 0 Å². The fourth-order valence-electron chi connectivity index (χ4n) is 2.32. The van der Waals surface area contributed by atoms with E-state index in [1.165, 1.54) is 50.0 Å². The Bertz CT molecular complexity index is 306. The fourth-order valence-corrected chi connectivity index (χ4v) is 3.62. The predicted octanol–water partition coefficient (Wildman–Crippen LogP) is 4.15. The highest BCUT2D eigenvalue weighted by molar-refractivity contribution is 7.11. The van der Waals surface area contributed by atoms with E-state index in [-0.39, 0.29) is 0 Å². The predicted molar refractivity (Wildman–Crippen MR) is 69.4 cm³/mol. The largest absolute Gasteiger partial charge is 0.144 e. The molecule has 0 bridgehead atoms. The Balaban J connectivity index is 1.97. The summed E-state index contributed by atoms with van der Waals surface area (Å²) in [4.78, 5) is 0. The van der Waals surface area contributed by atoms with Gasteiger partial charge in [0.05, 0.1) is 0 Å². The normalized spacial score (nSPS) is 19.3. The van der Waals surface area contributed by atoms with Gasteiger partial charge in [0.1, 0.15) is 10.0 Å². The first-order chi connectivity index (χ1) is 7.90. The van der Waals surface area contributed by atoms with Gasteiger partial charge in [-0.3, -0.25) is 0 Å². The minimum atomic E-state index is 0.652. The highest BCUT2D eigenvalue weighted by Crippen LogP contribution is 2.32. The smallest absolute Gasteiger partial charge is 0.120 e. The minimum absolute atomic E-state index is 0.652. The topological polar surface area (TPSA) is 25.8 Å². The Labute approximate surface area is 106 Å². The third kappa shape index (κ3) is 3.42. The SMILES string of the molecule is ClCCc1nnc(C2CCCCCCC2)s1. The van der Waals surface area contributed by atoms with E-state index in [2.05, 4.69) is 10.2 Å². The average molecular weight is 259 g/mol. The Morgan fingerprint density at radius 1 is 1.06 bits per heavy atom. The first kappa shape index (κ1) is 12.3. The van der Waals surface area contributed by atoms with Gasteiger partial charge in [-0.05, 0) is 12.8 Å². The fraction of sp³-hybridized carbons (Fsp3) is 0.833. The number of nitrogens with zero attached hydrogens (tertiary/aromatic N) is 2. The van der Waals surface area contributed by atoms with Gasteiger partial charge < -0.3 is 0 Å². The Morgan fingerprint density at radius 3 is 2.44 bits per heavy atom. The quantitative estimate of drug-likeness (QED) is 0.762. The van der Waals surface area contributed by atoms with Crippen LogP contribution in [0.25, 0.3) is 0 Å². The molecule has 0 radical (unpaired) electrons. The van der Waals surface area contributed by atoms with Crippen molar-refractivity contribution in [3.05, 3.63) is 10.0 Å². The van der Waals surface area contributed by atoms with Crippen LogP contribution in [0.2, 0.25) is 0 Å². The molecule has 0 aromatic carbocycles. The van der Waals surface area contributed by atoms with Crippen LogP contribution in [0, 0.1) is 0 Å². The molecule has 2 nitrogen and oxygen atoms in total. The molecular weight excluding hydrogens is 240 g/mol. The molecular formula is C12H19ClN2S. The van der Waals surface area contributed by atoms with Crippen molar-refractivity contribution in [2.75, 3.05) is 5.88 Å². The summed E-state index contributed by atoms with van der Waals surface area (Å²) in [5.41, 5.74) is 0. The zero-order valence-electron chi connectivity index (χ0n) is 9.62. The second-order valence-electron chi connectivity index (χ2n) is 4.52. The van der Waals surface area contributed by atoms with E-state index in [4.69, 9.17) is 11.6 Å². The summed E-state index contributed by atoms with van der Waals surface area (Å²) in [6.07, 6.45) is 10.4. The summed E-state index contributed by atoms with van der Waals surface area (Å²) >= 11 is 7.49. The maximum absolute atomic E-state index is 5.72. The Kier molecular flexibility index (Phi) is 5.04. The van der Waals surface area contributed by atoms with Crippen LogP contribution in [0.3, 0.4) is 0 Å².